The Morgan fingerprint density at radius 3 is 2.74 bits per heavy atom. The molecule has 19 heavy (non-hydrogen) atoms. The molecule has 0 aromatic heterocycles. The fourth-order valence-electron chi connectivity index (χ4n) is 1.58. The lowest BCUT2D eigenvalue weighted by Gasteiger charge is -2.17. The van der Waals surface area contributed by atoms with Gasteiger partial charge in [-0.15, -0.1) is 0 Å². The van der Waals surface area contributed by atoms with E-state index >= 15 is 0 Å². The van der Waals surface area contributed by atoms with Crippen LogP contribution in [0.15, 0.2) is 23.1 Å². The number of benzene rings is 1. The zero-order chi connectivity index (χ0) is 14.5. The van der Waals surface area contributed by atoms with E-state index in [0.29, 0.717) is 5.02 Å². The number of nitrogen functional groups attached to an aromatic ring is 1. The molecule has 0 bridgehead atoms. The van der Waals surface area contributed by atoms with Crippen molar-refractivity contribution in [3.63, 3.8) is 0 Å². The molecule has 108 valence electrons. The van der Waals surface area contributed by atoms with E-state index in [9.17, 15) is 8.42 Å². The van der Waals surface area contributed by atoms with E-state index in [1.54, 1.807) is 0 Å². The first kappa shape index (κ1) is 16.2. The number of anilines is 1. The molecule has 8 heteroatoms. The van der Waals surface area contributed by atoms with E-state index < -0.39 is 16.1 Å². The highest BCUT2D eigenvalue weighted by molar-refractivity contribution is 7.89. The minimum atomic E-state index is -3.78. The number of nitrogens with two attached hydrogens (primary N) is 1. The molecule has 0 amide bonds. The van der Waals surface area contributed by atoms with E-state index in [-0.39, 0.29) is 30.2 Å². The minimum absolute atomic E-state index is 0.0454. The van der Waals surface area contributed by atoms with Crippen LogP contribution in [0.5, 0.6) is 0 Å². The summed E-state index contributed by atoms with van der Waals surface area (Å²) in [5.41, 5.74) is 5.72. The molecule has 1 unspecified atom stereocenters. The molecule has 0 saturated heterocycles. The molecular weight excluding hydrogens is 292 g/mol. The van der Waals surface area contributed by atoms with Crippen molar-refractivity contribution in [1.82, 2.24) is 4.72 Å². The summed E-state index contributed by atoms with van der Waals surface area (Å²) >= 11 is 5.72. The highest BCUT2D eigenvalue weighted by Crippen LogP contribution is 2.22. The normalized spacial score (nSPS) is 13.4. The van der Waals surface area contributed by atoms with Gasteiger partial charge in [-0.3, -0.25) is 0 Å². The van der Waals surface area contributed by atoms with E-state index in [1.807, 2.05) is 0 Å². The number of aliphatic hydroxyl groups excluding tert-OH is 1. The standard InChI is InChI=1S/C11H17ClN2O4S/c1-18-7-9(4-5-15)14-19(16,17)11-3-2-8(12)6-10(11)13/h2-3,6,9,14-15H,4-5,7,13H2,1H3. The molecule has 0 aliphatic rings. The van der Waals surface area contributed by atoms with Gasteiger partial charge in [0.15, 0.2) is 0 Å². The maximum atomic E-state index is 12.2. The number of hydrogen-bond donors (Lipinski definition) is 3. The zero-order valence-corrected chi connectivity index (χ0v) is 12.0. The molecule has 0 fully saturated rings. The Kier molecular flexibility index (Phi) is 6.02. The van der Waals surface area contributed by atoms with Crippen molar-refractivity contribution in [3.05, 3.63) is 23.2 Å². The largest absolute Gasteiger partial charge is 0.398 e. The molecule has 0 spiro atoms. The highest BCUT2D eigenvalue weighted by Gasteiger charge is 2.22. The van der Waals surface area contributed by atoms with Crippen LogP contribution in [0.3, 0.4) is 0 Å². The predicted molar refractivity (Wildman–Crippen MR) is 73.6 cm³/mol. The van der Waals surface area contributed by atoms with E-state index in [0.717, 1.165) is 0 Å². The molecule has 1 rings (SSSR count). The SMILES string of the molecule is COCC(CCO)NS(=O)(=O)c1ccc(Cl)cc1N. The smallest absolute Gasteiger partial charge is 0.242 e. The van der Waals surface area contributed by atoms with Crippen LogP contribution < -0.4 is 10.5 Å². The lowest BCUT2D eigenvalue weighted by molar-refractivity contribution is 0.158. The summed E-state index contributed by atoms with van der Waals surface area (Å²) in [6, 6.07) is 3.63. The Bertz CT molecular complexity index is 515. The van der Waals surface area contributed by atoms with Crippen molar-refractivity contribution in [2.45, 2.75) is 17.4 Å². The molecule has 0 radical (unpaired) electrons. The number of rotatable bonds is 7. The molecule has 1 aromatic carbocycles. The average Bonchev–Trinajstić information content (AvgIpc) is 2.28. The second-order valence-corrected chi connectivity index (χ2v) is 6.09. The lowest BCUT2D eigenvalue weighted by Crippen LogP contribution is -2.38. The van der Waals surface area contributed by atoms with Crippen molar-refractivity contribution in [1.29, 1.82) is 0 Å². The first-order chi connectivity index (χ1) is 8.90. The monoisotopic (exact) mass is 308 g/mol. The number of methoxy groups -OCH3 is 1. The molecule has 1 atom stereocenters. The van der Waals surface area contributed by atoms with Crippen LogP contribution in [0.2, 0.25) is 5.02 Å². The maximum Gasteiger partial charge on any atom is 0.242 e. The number of nitrogens with one attached hydrogen (secondary N) is 1. The maximum absolute atomic E-state index is 12.2. The fraction of sp³-hybridized carbons (Fsp3) is 0.455. The van der Waals surface area contributed by atoms with Crippen molar-refractivity contribution in [2.24, 2.45) is 0 Å². The van der Waals surface area contributed by atoms with Crippen LogP contribution in [0.1, 0.15) is 6.42 Å². The van der Waals surface area contributed by atoms with Crippen molar-refractivity contribution in [2.75, 3.05) is 26.1 Å². The number of hydrogen-bond acceptors (Lipinski definition) is 5. The van der Waals surface area contributed by atoms with E-state index in [1.165, 1.54) is 25.3 Å². The van der Waals surface area contributed by atoms with Crippen LogP contribution >= 0.6 is 11.6 Å². The van der Waals surface area contributed by atoms with Gasteiger partial charge in [0, 0.05) is 24.8 Å². The van der Waals surface area contributed by atoms with Gasteiger partial charge in [-0.1, -0.05) is 11.6 Å². The van der Waals surface area contributed by atoms with Crippen LogP contribution in [0.25, 0.3) is 0 Å². The Hall–Kier alpha value is -0.860. The average molecular weight is 309 g/mol. The molecule has 0 heterocycles. The number of halogens is 1. The van der Waals surface area contributed by atoms with Crippen LogP contribution in [-0.2, 0) is 14.8 Å². The van der Waals surface area contributed by atoms with E-state index in [2.05, 4.69) is 4.72 Å². The Balaban J connectivity index is 2.96. The Morgan fingerprint density at radius 2 is 2.21 bits per heavy atom. The molecule has 0 saturated carbocycles. The third kappa shape index (κ3) is 4.63. The topological polar surface area (TPSA) is 102 Å². The predicted octanol–water partition coefficient (Wildman–Crippen LogP) is 0.598. The van der Waals surface area contributed by atoms with Crippen LogP contribution in [-0.4, -0.2) is 39.9 Å². The summed E-state index contributed by atoms with van der Waals surface area (Å²) in [6.45, 7) is 0.0138. The van der Waals surface area contributed by atoms with Crippen LogP contribution in [0, 0.1) is 0 Å². The third-order valence-corrected chi connectivity index (χ3v) is 4.26. The molecule has 1 aromatic rings. The van der Waals surface area contributed by atoms with Gasteiger partial charge < -0.3 is 15.6 Å². The fourth-order valence-corrected chi connectivity index (χ4v) is 3.13. The number of aliphatic hydroxyl groups is 1. The second kappa shape index (κ2) is 7.06. The van der Waals surface area contributed by atoms with Gasteiger partial charge in [0.05, 0.1) is 12.3 Å². The quantitative estimate of drug-likeness (QED) is 0.640. The van der Waals surface area contributed by atoms with Gasteiger partial charge in [0.1, 0.15) is 4.90 Å². The van der Waals surface area contributed by atoms with E-state index in [4.69, 9.17) is 27.2 Å². The van der Waals surface area contributed by atoms with Gasteiger partial charge in [0.2, 0.25) is 10.0 Å². The molecule has 4 N–H and O–H groups in total. The second-order valence-electron chi connectivity index (χ2n) is 3.97. The summed E-state index contributed by atoms with van der Waals surface area (Å²) in [5.74, 6) is 0. The van der Waals surface area contributed by atoms with Gasteiger partial charge in [-0.25, -0.2) is 13.1 Å². The van der Waals surface area contributed by atoms with Crippen LogP contribution in [0.4, 0.5) is 5.69 Å². The highest BCUT2D eigenvalue weighted by atomic mass is 35.5. The van der Waals surface area contributed by atoms with Gasteiger partial charge in [-0.2, -0.15) is 0 Å². The number of sulfonamides is 1. The van der Waals surface area contributed by atoms with Gasteiger partial charge in [-0.05, 0) is 24.6 Å². The summed E-state index contributed by atoms with van der Waals surface area (Å²) in [4.78, 5) is -0.0454. The van der Waals surface area contributed by atoms with Gasteiger partial charge >= 0.3 is 0 Å². The Morgan fingerprint density at radius 1 is 1.53 bits per heavy atom. The first-order valence-corrected chi connectivity index (χ1v) is 7.44. The summed E-state index contributed by atoms with van der Waals surface area (Å²) in [5, 5.41) is 9.25. The zero-order valence-electron chi connectivity index (χ0n) is 10.5. The molecule has 0 aliphatic heterocycles. The number of ether oxygens (including phenoxy) is 1. The third-order valence-electron chi connectivity index (χ3n) is 2.43. The minimum Gasteiger partial charge on any atom is -0.398 e. The van der Waals surface area contributed by atoms with Crippen molar-refractivity contribution < 1.29 is 18.3 Å². The molecule has 6 nitrogen and oxygen atoms in total. The lowest BCUT2D eigenvalue weighted by atomic mass is 10.2. The van der Waals surface area contributed by atoms with Crippen molar-refractivity contribution >= 4 is 27.3 Å². The van der Waals surface area contributed by atoms with Crippen molar-refractivity contribution in [3.8, 4) is 0 Å². The summed E-state index contributed by atoms with van der Waals surface area (Å²) < 4.78 is 31.6. The van der Waals surface area contributed by atoms with Gasteiger partial charge in [0.25, 0.3) is 0 Å². The summed E-state index contributed by atoms with van der Waals surface area (Å²) in [6.07, 6.45) is 0.251. The first-order valence-electron chi connectivity index (χ1n) is 5.58. The molecule has 0 aliphatic carbocycles. The summed E-state index contributed by atoms with van der Waals surface area (Å²) in [7, 11) is -2.32. The molecular formula is C11H17ClN2O4S. The Labute approximate surface area is 117 Å².